The summed E-state index contributed by atoms with van der Waals surface area (Å²) in [6, 6.07) is 8.80. The van der Waals surface area contributed by atoms with Gasteiger partial charge in [-0.25, -0.2) is 0 Å². The van der Waals surface area contributed by atoms with Crippen molar-refractivity contribution in [3.05, 3.63) is 47.3 Å². The SMILES string of the molecule is O=C(Nc1ccccc1CO)c1cc(C2CC2)on1. The van der Waals surface area contributed by atoms with Gasteiger partial charge < -0.3 is 14.9 Å². The summed E-state index contributed by atoms with van der Waals surface area (Å²) in [6.07, 6.45) is 2.20. The van der Waals surface area contributed by atoms with E-state index in [1.165, 1.54) is 0 Å². The number of carbonyl (C=O) groups is 1. The highest BCUT2D eigenvalue weighted by atomic mass is 16.5. The molecule has 3 rings (SSSR count). The average molecular weight is 258 g/mol. The maximum Gasteiger partial charge on any atom is 0.277 e. The number of hydrogen-bond donors (Lipinski definition) is 2. The van der Waals surface area contributed by atoms with Crippen LogP contribution in [-0.4, -0.2) is 16.2 Å². The fraction of sp³-hybridized carbons (Fsp3) is 0.286. The lowest BCUT2D eigenvalue weighted by molar-refractivity contribution is 0.101. The number of aliphatic hydroxyl groups excluding tert-OH is 1. The molecule has 0 atom stereocenters. The monoisotopic (exact) mass is 258 g/mol. The van der Waals surface area contributed by atoms with Crippen molar-refractivity contribution in [3.63, 3.8) is 0 Å². The number of aliphatic hydroxyl groups is 1. The van der Waals surface area contributed by atoms with Crippen molar-refractivity contribution in [3.8, 4) is 0 Å². The molecule has 2 aromatic rings. The van der Waals surface area contributed by atoms with Crippen molar-refractivity contribution in [2.24, 2.45) is 0 Å². The fourth-order valence-corrected chi connectivity index (χ4v) is 1.92. The van der Waals surface area contributed by atoms with Crippen LogP contribution in [-0.2, 0) is 6.61 Å². The first-order valence-electron chi connectivity index (χ1n) is 6.24. The molecule has 1 heterocycles. The normalized spacial score (nSPS) is 14.4. The molecule has 0 radical (unpaired) electrons. The molecule has 1 aliphatic carbocycles. The topological polar surface area (TPSA) is 75.4 Å². The second-order valence-corrected chi connectivity index (χ2v) is 4.66. The molecule has 0 spiro atoms. The fourth-order valence-electron chi connectivity index (χ4n) is 1.92. The van der Waals surface area contributed by atoms with Gasteiger partial charge in [0.2, 0.25) is 0 Å². The Kier molecular flexibility index (Phi) is 3.05. The summed E-state index contributed by atoms with van der Waals surface area (Å²) in [4.78, 5) is 12.0. The van der Waals surface area contributed by atoms with Gasteiger partial charge in [0.1, 0.15) is 5.76 Å². The van der Waals surface area contributed by atoms with Crippen LogP contribution in [0.15, 0.2) is 34.9 Å². The minimum absolute atomic E-state index is 0.122. The molecule has 19 heavy (non-hydrogen) atoms. The second kappa shape index (κ2) is 4.85. The van der Waals surface area contributed by atoms with Crippen molar-refractivity contribution in [2.75, 3.05) is 5.32 Å². The second-order valence-electron chi connectivity index (χ2n) is 4.66. The molecule has 1 aliphatic rings. The molecule has 98 valence electrons. The van der Waals surface area contributed by atoms with Gasteiger partial charge in [-0.05, 0) is 18.9 Å². The van der Waals surface area contributed by atoms with E-state index in [4.69, 9.17) is 4.52 Å². The highest BCUT2D eigenvalue weighted by molar-refractivity contribution is 6.03. The van der Waals surface area contributed by atoms with Gasteiger partial charge in [0, 0.05) is 23.2 Å². The number of rotatable bonds is 4. The Hall–Kier alpha value is -2.14. The third kappa shape index (κ3) is 2.51. The van der Waals surface area contributed by atoms with E-state index in [0.29, 0.717) is 17.2 Å². The molecule has 0 unspecified atom stereocenters. The van der Waals surface area contributed by atoms with Crippen molar-refractivity contribution in [1.82, 2.24) is 5.16 Å². The van der Waals surface area contributed by atoms with Gasteiger partial charge in [-0.1, -0.05) is 23.4 Å². The van der Waals surface area contributed by atoms with Crippen LogP contribution in [0.3, 0.4) is 0 Å². The van der Waals surface area contributed by atoms with E-state index in [9.17, 15) is 9.90 Å². The Balaban J connectivity index is 1.76. The molecular weight excluding hydrogens is 244 g/mol. The molecule has 1 aromatic heterocycles. The Labute approximate surface area is 110 Å². The van der Waals surface area contributed by atoms with E-state index in [1.54, 1.807) is 24.3 Å². The maximum absolute atomic E-state index is 12.0. The van der Waals surface area contributed by atoms with Gasteiger partial charge in [-0.15, -0.1) is 0 Å². The van der Waals surface area contributed by atoms with Crippen molar-refractivity contribution in [2.45, 2.75) is 25.4 Å². The van der Waals surface area contributed by atoms with Crippen molar-refractivity contribution >= 4 is 11.6 Å². The largest absolute Gasteiger partial charge is 0.392 e. The van der Waals surface area contributed by atoms with E-state index in [1.807, 2.05) is 6.07 Å². The molecule has 0 saturated heterocycles. The van der Waals surface area contributed by atoms with E-state index in [-0.39, 0.29) is 18.2 Å². The van der Waals surface area contributed by atoms with E-state index in [0.717, 1.165) is 18.6 Å². The summed E-state index contributed by atoms with van der Waals surface area (Å²) in [5.41, 5.74) is 1.53. The predicted octanol–water partition coefficient (Wildman–Crippen LogP) is 2.30. The molecule has 5 heteroatoms. The molecule has 1 saturated carbocycles. The minimum Gasteiger partial charge on any atom is -0.392 e. The molecule has 0 aliphatic heterocycles. The first-order valence-corrected chi connectivity index (χ1v) is 6.24. The Bertz CT molecular complexity index is 602. The lowest BCUT2D eigenvalue weighted by Gasteiger charge is -2.07. The molecule has 1 amide bonds. The van der Waals surface area contributed by atoms with Gasteiger partial charge >= 0.3 is 0 Å². The number of nitrogens with one attached hydrogen (secondary N) is 1. The lowest BCUT2D eigenvalue weighted by atomic mass is 10.2. The smallest absolute Gasteiger partial charge is 0.277 e. The van der Waals surface area contributed by atoms with Gasteiger partial charge in [-0.3, -0.25) is 4.79 Å². The summed E-state index contributed by atoms with van der Waals surface area (Å²) in [6.45, 7) is -0.122. The number of nitrogens with zero attached hydrogens (tertiary/aromatic N) is 1. The molecule has 0 bridgehead atoms. The Morgan fingerprint density at radius 1 is 1.42 bits per heavy atom. The van der Waals surface area contributed by atoms with E-state index < -0.39 is 0 Å². The number of aromatic nitrogens is 1. The summed E-state index contributed by atoms with van der Waals surface area (Å²) in [5.74, 6) is 0.885. The van der Waals surface area contributed by atoms with Crippen molar-refractivity contribution < 1.29 is 14.4 Å². The van der Waals surface area contributed by atoms with Gasteiger partial charge in [0.15, 0.2) is 5.69 Å². The first-order chi connectivity index (χ1) is 9.28. The highest BCUT2D eigenvalue weighted by Crippen LogP contribution is 2.40. The van der Waals surface area contributed by atoms with Crippen LogP contribution in [0.5, 0.6) is 0 Å². The van der Waals surface area contributed by atoms with Gasteiger partial charge in [0.25, 0.3) is 5.91 Å². The standard InChI is InChI=1S/C14H14N2O3/c17-8-10-3-1-2-4-11(10)15-14(18)12-7-13(19-16-12)9-5-6-9/h1-4,7,9,17H,5-6,8H2,(H,15,18). The highest BCUT2D eigenvalue weighted by Gasteiger charge is 2.28. The van der Waals surface area contributed by atoms with Crippen LogP contribution in [0, 0.1) is 0 Å². The van der Waals surface area contributed by atoms with Crippen LogP contribution < -0.4 is 5.32 Å². The summed E-state index contributed by atoms with van der Waals surface area (Å²) in [7, 11) is 0. The predicted molar refractivity (Wildman–Crippen MR) is 68.8 cm³/mol. The number of anilines is 1. The third-order valence-corrected chi connectivity index (χ3v) is 3.18. The zero-order valence-electron chi connectivity index (χ0n) is 10.3. The van der Waals surface area contributed by atoms with Gasteiger partial charge in [-0.2, -0.15) is 0 Å². The minimum atomic E-state index is -0.323. The zero-order chi connectivity index (χ0) is 13.2. The molecule has 1 fully saturated rings. The summed E-state index contributed by atoms with van der Waals surface area (Å²) >= 11 is 0. The third-order valence-electron chi connectivity index (χ3n) is 3.18. The zero-order valence-corrected chi connectivity index (χ0v) is 10.3. The van der Waals surface area contributed by atoms with Crippen LogP contribution in [0.25, 0.3) is 0 Å². The Morgan fingerprint density at radius 2 is 2.21 bits per heavy atom. The van der Waals surface area contributed by atoms with Crippen LogP contribution in [0.4, 0.5) is 5.69 Å². The summed E-state index contributed by atoms with van der Waals surface area (Å²) in [5, 5.41) is 15.7. The van der Waals surface area contributed by atoms with Crippen molar-refractivity contribution in [1.29, 1.82) is 0 Å². The van der Waals surface area contributed by atoms with Crippen LogP contribution >= 0.6 is 0 Å². The number of benzene rings is 1. The first kappa shape index (κ1) is 11.9. The van der Waals surface area contributed by atoms with E-state index >= 15 is 0 Å². The number of carbonyl (C=O) groups excluding carboxylic acids is 1. The molecule has 1 aromatic carbocycles. The molecule has 2 N–H and O–H groups in total. The Morgan fingerprint density at radius 3 is 2.95 bits per heavy atom. The lowest BCUT2D eigenvalue weighted by Crippen LogP contribution is -2.13. The number of para-hydroxylation sites is 1. The maximum atomic E-state index is 12.0. The average Bonchev–Trinajstić information content (AvgIpc) is 3.17. The molecular formula is C14H14N2O3. The summed E-state index contributed by atoms with van der Waals surface area (Å²) < 4.78 is 5.14. The number of hydrogen-bond acceptors (Lipinski definition) is 4. The number of amides is 1. The quantitative estimate of drug-likeness (QED) is 0.882. The van der Waals surface area contributed by atoms with Crippen LogP contribution in [0.2, 0.25) is 0 Å². The van der Waals surface area contributed by atoms with Crippen LogP contribution in [0.1, 0.15) is 40.6 Å². The van der Waals surface area contributed by atoms with Gasteiger partial charge in [0.05, 0.1) is 6.61 Å². The van der Waals surface area contributed by atoms with E-state index in [2.05, 4.69) is 10.5 Å². The molecule has 5 nitrogen and oxygen atoms in total.